The molecule has 0 aromatic heterocycles. The molecule has 2 saturated heterocycles. The fourth-order valence-electron chi connectivity index (χ4n) is 3.94. The van der Waals surface area contributed by atoms with Crippen molar-refractivity contribution in [2.75, 3.05) is 14.2 Å². The molecule has 1 aromatic rings. The molecule has 0 saturated carbocycles. The van der Waals surface area contributed by atoms with E-state index in [4.69, 9.17) is 10.5 Å². The molecular weight excluding hydrogens is 236 g/mol. The first kappa shape index (κ1) is 12.9. The van der Waals surface area contributed by atoms with Gasteiger partial charge in [-0.25, -0.2) is 0 Å². The largest absolute Gasteiger partial charge is 0.496 e. The number of ether oxygens (including phenoxy) is 1. The van der Waals surface area contributed by atoms with E-state index in [9.17, 15) is 0 Å². The number of rotatable bonds is 3. The van der Waals surface area contributed by atoms with Crippen LogP contribution in [0, 0.1) is 5.92 Å². The number of nitrogens with zero attached hydrogens (tertiary/aromatic N) is 1. The third-order valence-electron chi connectivity index (χ3n) is 5.14. The lowest BCUT2D eigenvalue weighted by molar-refractivity contribution is 0.120. The fraction of sp³-hybridized carbons (Fsp3) is 0.625. The number of methoxy groups -OCH3 is 1. The molecule has 3 atom stereocenters. The zero-order valence-corrected chi connectivity index (χ0v) is 11.9. The van der Waals surface area contributed by atoms with Crippen LogP contribution in [-0.4, -0.2) is 31.1 Å². The first-order valence-corrected chi connectivity index (χ1v) is 7.31. The van der Waals surface area contributed by atoms with Crippen LogP contribution in [0.25, 0.3) is 0 Å². The molecule has 2 N–H and O–H groups in total. The number of para-hydroxylation sites is 1. The molecule has 3 rings (SSSR count). The maximum atomic E-state index is 6.55. The summed E-state index contributed by atoms with van der Waals surface area (Å²) in [5.41, 5.74) is 7.71. The summed E-state index contributed by atoms with van der Waals surface area (Å²) in [6.07, 6.45) is 5.14. The van der Waals surface area contributed by atoms with Crippen molar-refractivity contribution in [3.05, 3.63) is 29.8 Å². The predicted octanol–water partition coefficient (Wildman–Crippen LogP) is 2.57. The topological polar surface area (TPSA) is 38.5 Å². The van der Waals surface area contributed by atoms with E-state index in [2.05, 4.69) is 24.1 Å². The molecule has 2 heterocycles. The summed E-state index contributed by atoms with van der Waals surface area (Å²) in [5.74, 6) is 1.52. The molecule has 2 fully saturated rings. The Bertz CT molecular complexity index is 434. The molecule has 0 amide bonds. The Morgan fingerprint density at radius 1 is 1.21 bits per heavy atom. The van der Waals surface area contributed by atoms with Gasteiger partial charge in [0.2, 0.25) is 0 Å². The van der Waals surface area contributed by atoms with Gasteiger partial charge < -0.3 is 15.4 Å². The molecule has 19 heavy (non-hydrogen) atoms. The van der Waals surface area contributed by atoms with E-state index < -0.39 is 0 Å². The van der Waals surface area contributed by atoms with Crippen LogP contribution in [0.3, 0.4) is 0 Å². The Balaban J connectivity index is 1.79. The van der Waals surface area contributed by atoms with Crippen LogP contribution in [0.2, 0.25) is 0 Å². The van der Waals surface area contributed by atoms with E-state index in [1.807, 2.05) is 12.1 Å². The van der Waals surface area contributed by atoms with Gasteiger partial charge in [0.25, 0.3) is 0 Å². The Kier molecular flexibility index (Phi) is 3.50. The highest BCUT2D eigenvalue weighted by Crippen LogP contribution is 2.42. The van der Waals surface area contributed by atoms with Crippen molar-refractivity contribution in [3.8, 4) is 5.75 Å². The molecule has 0 spiro atoms. The first-order valence-electron chi connectivity index (χ1n) is 7.31. The third kappa shape index (κ3) is 2.26. The van der Waals surface area contributed by atoms with Crippen LogP contribution < -0.4 is 10.5 Å². The number of benzene rings is 1. The number of hydrogen-bond donors (Lipinski definition) is 1. The van der Waals surface area contributed by atoms with Crippen molar-refractivity contribution >= 4 is 0 Å². The number of piperidine rings is 1. The molecule has 104 valence electrons. The Hall–Kier alpha value is -1.06. The summed E-state index contributed by atoms with van der Waals surface area (Å²) < 4.78 is 5.46. The minimum absolute atomic E-state index is 0.105. The third-order valence-corrected chi connectivity index (χ3v) is 5.14. The second kappa shape index (κ2) is 5.14. The molecule has 2 bridgehead atoms. The fourth-order valence-corrected chi connectivity index (χ4v) is 3.94. The average Bonchev–Trinajstić information content (AvgIpc) is 2.68. The Labute approximate surface area is 115 Å². The van der Waals surface area contributed by atoms with E-state index in [0.29, 0.717) is 5.92 Å². The second-order valence-corrected chi connectivity index (χ2v) is 6.05. The maximum Gasteiger partial charge on any atom is 0.123 e. The maximum absolute atomic E-state index is 6.55. The standard InChI is InChI=1S/C16H24N2O/c1-18-12-7-8-13(18)10-11(9-12)16(17)14-5-3-4-6-15(14)19-2/h3-6,11-13,16H,7-10,17H2,1-2H3. The first-order chi connectivity index (χ1) is 9.20. The summed E-state index contributed by atoms with van der Waals surface area (Å²) in [7, 11) is 4.00. The lowest BCUT2D eigenvalue weighted by Crippen LogP contribution is -2.42. The Morgan fingerprint density at radius 3 is 2.47 bits per heavy atom. The van der Waals surface area contributed by atoms with Crippen LogP contribution >= 0.6 is 0 Å². The van der Waals surface area contributed by atoms with Gasteiger partial charge in [-0.05, 0) is 44.7 Å². The summed E-state index contributed by atoms with van der Waals surface area (Å²) >= 11 is 0. The highest BCUT2D eigenvalue weighted by atomic mass is 16.5. The van der Waals surface area contributed by atoms with Crippen LogP contribution in [0.4, 0.5) is 0 Å². The van der Waals surface area contributed by atoms with Crippen LogP contribution in [-0.2, 0) is 0 Å². The lowest BCUT2D eigenvalue weighted by Gasteiger charge is -2.39. The SMILES string of the molecule is COc1ccccc1C(N)C1CC2CCC(C1)N2C. The number of fused-ring (bicyclic) bond motifs is 2. The van der Waals surface area contributed by atoms with Crippen molar-refractivity contribution in [2.45, 2.75) is 43.8 Å². The van der Waals surface area contributed by atoms with Gasteiger partial charge in [0.05, 0.1) is 7.11 Å². The molecule has 3 nitrogen and oxygen atoms in total. The van der Waals surface area contributed by atoms with E-state index in [1.165, 1.54) is 31.2 Å². The summed E-state index contributed by atoms with van der Waals surface area (Å²) in [6, 6.07) is 9.78. The van der Waals surface area contributed by atoms with Crippen molar-refractivity contribution < 1.29 is 4.74 Å². The smallest absolute Gasteiger partial charge is 0.123 e. The quantitative estimate of drug-likeness (QED) is 0.907. The van der Waals surface area contributed by atoms with E-state index in [1.54, 1.807) is 7.11 Å². The zero-order chi connectivity index (χ0) is 13.4. The number of hydrogen-bond acceptors (Lipinski definition) is 3. The monoisotopic (exact) mass is 260 g/mol. The number of nitrogens with two attached hydrogens (primary N) is 1. The van der Waals surface area contributed by atoms with Gasteiger partial charge in [0.1, 0.15) is 5.75 Å². The normalized spacial score (nSPS) is 32.3. The molecule has 2 aliphatic heterocycles. The molecular formula is C16H24N2O. The molecule has 3 heteroatoms. The van der Waals surface area contributed by atoms with Gasteiger partial charge in [-0.2, -0.15) is 0 Å². The summed E-state index contributed by atoms with van der Waals surface area (Å²) in [4.78, 5) is 2.56. The minimum atomic E-state index is 0.105. The van der Waals surface area contributed by atoms with Crippen molar-refractivity contribution in [2.24, 2.45) is 11.7 Å². The molecule has 2 aliphatic rings. The summed E-state index contributed by atoms with van der Waals surface area (Å²) in [5, 5.41) is 0. The van der Waals surface area contributed by atoms with E-state index in [0.717, 1.165) is 17.8 Å². The van der Waals surface area contributed by atoms with Crippen molar-refractivity contribution in [1.29, 1.82) is 0 Å². The van der Waals surface area contributed by atoms with E-state index >= 15 is 0 Å². The van der Waals surface area contributed by atoms with Crippen LogP contribution in [0.1, 0.15) is 37.3 Å². The summed E-state index contributed by atoms with van der Waals surface area (Å²) in [6.45, 7) is 0. The van der Waals surface area contributed by atoms with Gasteiger partial charge in [-0.3, -0.25) is 0 Å². The second-order valence-electron chi connectivity index (χ2n) is 6.05. The average molecular weight is 260 g/mol. The van der Waals surface area contributed by atoms with Gasteiger partial charge in [-0.1, -0.05) is 18.2 Å². The molecule has 0 radical (unpaired) electrons. The van der Waals surface area contributed by atoms with Crippen molar-refractivity contribution in [1.82, 2.24) is 4.90 Å². The van der Waals surface area contributed by atoms with Crippen LogP contribution in [0.15, 0.2) is 24.3 Å². The van der Waals surface area contributed by atoms with Gasteiger partial charge >= 0.3 is 0 Å². The van der Waals surface area contributed by atoms with Gasteiger partial charge in [0, 0.05) is 23.7 Å². The predicted molar refractivity (Wildman–Crippen MR) is 77.2 cm³/mol. The van der Waals surface area contributed by atoms with Crippen molar-refractivity contribution in [3.63, 3.8) is 0 Å². The highest BCUT2D eigenvalue weighted by Gasteiger charge is 2.40. The van der Waals surface area contributed by atoms with Crippen LogP contribution in [0.5, 0.6) is 5.75 Å². The Morgan fingerprint density at radius 2 is 1.84 bits per heavy atom. The lowest BCUT2D eigenvalue weighted by atomic mass is 9.82. The molecule has 3 unspecified atom stereocenters. The zero-order valence-electron chi connectivity index (χ0n) is 11.9. The van der Waals surface area contributed by atoms with E-state index in [-0.39, 0.29) is 6.04 Å². The minimum Gasteiger partial charge on any atom is -0.496 e. The van der Waals surface area contributed by atoms with Gasteiger partial charge in [0.15, 0.2) is 0 Å². The van der Waals surface area contributed by atoms with Gasteiger partial charge in [-0.15, -0.1) is 0 Å². The highest BCUT2D eigenvalue weighted by molar-refractivity contribution is 5.36. The molecule has 1 aromatic carbocycles. The molecule has 0 aliphatic carbocycles.